The van der Waals surface area contributed by atoms with E-state index in [9.17, 15) is 9.90 Å². The van der Waals surface area contributed by atoms with Gasteiger partial charge in [-0.15, -0.1) is 0 Å². The standard InChI is InChI=1S/C24H18O4/c1-27-23-14-16(7-12-21(23)25)13-20-15-22(28-24(20)26)19-10-8-18(9-11-19)17-5-3-2-4-6-17/h2-15,25H,1H3. The molecule has 1 heterocycles. The van der Waals surface area contributed by atoms with Gasteiger partial charge in [0.05, 0.1) is 12.7 Å². The largest absolute Gasteiger partial charge is 0.504 e. The minimum absolute atomic E-state index is 0.0494. The van der Waals surface area contributed by atoms with E-state index in [2.05, 4.69) is 12.1 Å². The van der Waals surface area contributed by atoms with Gasteiger partial charge in [-0.05, 0) is 41.0 Å². The molecule has 4 heteroatoms. The number of esters is 1. The van der Waals surface area contributed by atoms with Gasteiger partial charge in [0.25, 0.3) is 0 Å². The average molecular weight is 370 g/mol. The summed E-state index contributed by atoms with van der Waals surface area (Å²) in [5, 5.41) is 9.69. The molecule has 1 aliphatic rings. The summed E-state index contributed by atoms with van der Waals surface area (Å²) in [5.41, 5.74) is 4.24. The molecule has 1 N–H and O–H groups in total. The van der Waals surface area contributed by atoms with Crippen LogP contribution in [0.4, 0.5) is 0 Å². The molecule has 0 bridgehead atoms. The summed E-state index contributed by atoms with van der Waals surface area (Å²) >= 11 is 0. The summed E-state index contributed by atoms with van der Waals surface area (Å²) in [4.78, 5) is 12.2. The summed E-state index contributed by atoms with van der Waals surface area (Å²) in [6.45, 7) is 0. The number of carbonyl (C=O) groups is 1. The Balaban J connectivity index is 1.60. The molecule has 3 aromatic rings. The van der Waals surface area contributed by atoms with Gasteiger partial charge in [0.2, 0.25) is 0 Å². The number of rotatable bonds is 4. The first kappa shape index (κ1) is 17.6. The van der Waals surface area contributed by atoms with E-state index < -0.39 is 5.97 Å². The first-order chi connectivity index (χ1) is 13.6. The molecule has 0 fully saturated rings. The van der Waals surface area contributed by atoms with Gasteiger partial charge < -0.3 is 14.6 Å². The molecule has 4 nitrogen and oxygen atoms in total. The number of methoxy groups -OCH3 is 1. The molecular formula is C24H18O4. The fourth-order valence-corrected chi connectivity index (χ4v) is 3.05. The van der Waals surface area contributed by atoms with E-state index in [4.69, 9.17) is 9.47 Å². The third kappa shape index (κ3) is 3.53. The number of hydrogen-bond acceptors (Lipinski definition) is 4. The maximum Gasteiger partial charge on any atom is 0.343 e. The number of aromatic hydroxyl groups is 1. The van der Waals surface area contributed by atoms with E-state index in [0.717, 1.165) is 22.3 Å². The second-order valence-corrected chi connectivity index (χ2v) is 6.37. The Morgan fingerprint density at radius 2 is 1.57 bits per heavy atom. The van der Waals surface area contributed by atoms with Crippen molar-refractivity contribution >= 4 is 17.8 Å². The van der Waals surface area contributed by atoms with E-state index in [0.29, 0.717) is 17.1 Å². The van der Waals surface area contributed by atoms with Crippen LogP contribution < -0.4 is 4.74 Å². The molecule has 28 heavy (non-hydrogen) atoms. The maximum atomic E-state index is 12.2. The van der Waals surface area contributed by atoms with E-state index in [1.54, 1.807) is 24.3 Å². The summed E-state index contributed by atoms with van der Waals surface area (Å²) in [6, 6.07) is 22.9. The average Bonchev–Trinajstić information content (AvgIpc) is 3.10. The highest BCUT2D eigenvalue weighted by molar-refractivity contribution is 6.05. The Kier molecular flexibility index (Phi) is 4.68. The van der Waals surface area contributed by atoms with Crippen molar-refractivity contribution in [2.75, 3.05) is 7.11 Å². The molecule has 0 spiro atoms. The number of benzene rings is 3. The second-order valence-electron chi connectivity index (χ2n) is 6.37. The van der Waals surface area contributed by atoms with Crippen LogP contribution in [0.25, 0.3) is 23.0 Å². The number of hydrogen-bond donors (Lipinski definition) is 1. The van der Waals surface area contributed by atoms with Gasteiger partial charge in [0, 0.05) is 5.56 Å². The van der Waals surface area contributed by atoms with Gasteiger partial charge in [-0.2, -0.15) is 0 Å². The third-order valence-corrected chi connectivity index (χ3v) is 4.53. The van der Waals surface area contributed by atoms with Crippen molar-refractivity contribution in [1.29, 1.82) is 0 Å². The highest BCUT2D eigenvalue weighted by Gasteiger charge is 2.22. The van der Waals surface area contributed by atoms with Crippen LogP contribution >= 0.6 is 0 Å². The molecule has 0 aromatic heterocycles. The normalized spacial score (nSPS) is 14.7. The summed E-state index contributed by atoms with van der Waals surface area (Å²) in [7, 11) is 1.48. The number of phenolic OH excluding ortho intramolecular Hbond substituents is 1. The molecule has 0 radical (unpaired) electrons. The lowest BCUT2D eigenvalue weighted by molar-refractivity contribution is -0.130. The summed E-state index contributed by atoms with van der Waals surface area (Å²) < 4.78 is 10.5. The van der Waals surface area contributed by atoms with Crippen molar-refractivity contribution in [2.24, 2.45) is 0 Å². The van der Waals surface area contributed by atoms with E-state index in [1.165, 1.54) is 13.2 Å². The minimum atomic E-state index is -0.408. The van der Waals surface area contributed by atoms with E-state index in [1.807, 2.05) is 42.5 Å². The fraction of sp³-hybridized carbons (Fsp3) is 0.0417. The number of phenols is 1. The first-order valence-electron chi connectivity index (χ1n) is 8.82. The molecule has 0 atom stereocenters. The Bertz CT molecular complexity index is 1080. The van der Waals surface area contributed by atoms with Crippen LogP contribution in [-0.2, 0) is 9.53 Å². The number of ether oxygens (including phenoxy) is 2. The zero-order valence-corrected chi connectivity index (χ0v) is 15.3. The molecule has 1 aliphatic heterocycles. The van der Waals surface area contributed by atoms with Crippen molar-refractivity contribution in [3.05, 3.63) is 95.6 Å². The third-order valence-electron chi connectivity index (χ3n) is 4.53. The fourth-order valence-electron chi connectivity index (χ4n) is 3.05. The van der Waals surface area contributed by atoms with Crippen LogP contribution in [0.3, 0.4) is 0 Å². The molecule has 0 saturated heterocycles. The molecule has 138 valence electrons. The Morgan fingerprint density at radius 1 is 0.893 bits per heavy atom. The van der Waals surface area contributed by atoms with Gasteiger partial charge in [-0.3, -0.25) is 0 Å². The van der Waals surface area contributed by atoms with Gasteiger partial charge in [0.1, 0.15) is 5.76 Å². The molecule has 3 aromatic carbocycles. The van der Waals surface area contributed by atoms with Crippen molar-refractivity contribution in [2.45, 2.75) is 0 Å². The molecule has 4 rings (SSSR count). The van der Waals surface area contributed by atoms with Crippen LogP contribution in [0.2, 0.25) is 0 Å². The second kappa shape index (κ2) is 7.45. The van der Waals surface area contributed by atoms with Crippen LogP contribution in [-0.4, -0.2) is 18.2 Å². The van der Waals surface area contributed by atoms with Crippen molar-refractivity contribution in [3.8, 4) is 22.6 Å². The smallest absolute Gasteiger partial charge is 0.343 e. The van der Waals surface area contributed by atoms with E-state index >= 15 is 0 Å². The topological polar surface area (TPSA) is 55.8 Å². The molecule has 0 saturated carbocycles. The quantitative estimate of drug-likeness (QED) is 0.516. The predicted molar refractivity (Wildman–Crippen MR) is 109 cm³/mol. The number of carbonyl (C=O) groups excluding carboxylic acids is 1. The Hall–Kier alpha value is -3.79. The SMILES string of the molecule is COc1cc(C=C2C=C(c3ccc(-c4ccccc4)cc3)OC2=O)ccc1O. The van der Waals surface area contributed by atoms with Crippen LogP contribution in [0, 0.1) is 0 Å². The van der Waals surface area contributed by atoms with Crippen molar-refractivity contribution in [1.82, 2.24) is 0 Å². The highest BCUT2D eigenvalue weighted by Crippen LogP contribution is 2.31. The van der Waals surface area contributed by atoms with Gasteiger partial charge in [0.15, 0.2) is 11.5 Å². The van der Waals surface area contributed by atoms with Crippen LogP contribution in [0.1, 0.15) is 11.1 Å². The summed E-state index contributed by atoms with van der Waals surface area (Å²) in [5.74, 6) is 0.505. The zero-order chi connectivity index (χ0) is 19.5. The molecule has 0 aliphatic carbocycles. The minimum Gasteiger partial charge on any atom is -0.504 e. The van der Waals surface area contributed by atoms with Crippen LogP contribution in [0.15, 0.2) is 84.4 Å². The molecular weight excluding hydrogens is 352 g/mol. The lowest BCUT2D eigenvalue weighted by atomic mass is 10.0. The van der Waals surface area contributed by atoms with Gasteiger partial charge >= 0.3 is 5.97 Å². The summed E-state index contributed by atoms with van der Waals surface area (Å²) in [6.07, 6.45) is 3.43. The first-order valence-corrected chi connectivity index (χ1v) is 8.82. The highest BCUT2D eigenvalue weighted by atomic mass is 16.5. The monoisotopic (exact) mass is 370 g/mol. The van der Waals surface area contributed by atoms with Gasteiger partial charge in [-0.1, -0.05) is 60.7 Å². The maximum absolute atomic E-state index is 12.2. The molecule has 0 amide bonds. The number of cyclic esters (lactones) is 1. The molecule has 0 unspecified atom stereocenters. The van der Waals surface area contributed by atoms with Gasteiger partial charge in [-0.25, -0.2) is 4.79 Å². The van der Waals surface area contributed by atoms with Crippen molar-refractivity contribution < 1.29 is 19.4 Å². The zero-order valence-electron chi connectivity index (χ0n) is 15.3. The van der Waals surface area contributed by atoms with Crippen molar-refractivity contribution in [3.63, 3.8) is 0 Å². The Labute approximate surface area is 163 Å². The Morgan fingerprint density at radius 3 is 2.29 bits per heavy atom. The van der Waals surface area contributed by atoms with E-state index in [-0.39, 0.29) is 5.75 Å². The lowest BCUT2D eigenvalue weighted by Crippen LogP contribution is -1.97. The predicted octanol–water partition coefficient (Wildman–Crippen LogP) is 5.05. The van der Waals surface area contributed by atoms with Crippen LogP contribution in [0.5, 0.6) is 11.5 Å². The lowest BCUT2D eigenvalue weighted by Gasteiger charge is -2.05.